The molecule has 5 nitrogen and oxygen atoms in total. The lowest BCUT2D eigenvalue weighted by Gasteiger charge is -2.05. The number of nitrogens with zero attached hydrogens (tertiary/aromatic N) is 2. The lowest BCUT2D eigenvalue weighted by Crippen LogP contribution is -2.14. The van der Waals surface area contributed by atoms with Crippen molar-refractivity contribution in [3.63, 3.8) is 0 Å². The molecule has 0 saturated heterocycles. The Morgan fingerprint density at radius 1 is 1.44 bits per heavy atom. The molecule has 0 fully saturated rings. The minimum Gasteiger partial charge on any atom is -0.313 e. The summed E-state index contributed by atoms with van der Waals surface area (Å²) in [5.74, 6) is 0. The lowest BCUT2D eigenvalue weighted by atomic mass is 10.1. The van der Waals surface area contributed by atoms with E-state index in [0.29, 0.717) is 18.5 Å². The van der Waals surface area contributed by atoms with Gasteiger partial charge in [-0.2, -0.15) is 5.26 Å². The summed E-state index contributed by atoms with van der Waals surface area (Å²) in [6.45, 7) is 3.17. The molecule has 0 unspecified atom stereocenters. The van der Waals surface area contributed by atoms with Gasteiger partial charge in [0.25, 0.3) is 5.69 Å². The highest BCUT2D eigenvalue weighted by Crippen LogP contribution is 2.18. The second-order valence-electron chi connectivity index (χ2n) is 4.17. The molecule has 0 aliphatic rings. The van der Waals surface area contributed by atoms with Crippen molar-refractivity contribution in [2.45, 2.75) is 32.7 Å². The van der Waals surface area contributed by atoms with Crippen LogP contribution in [0, 0.1) is 28.4 Å². The smallest absolute Gasteiger partial charge is 0.272 e. The molecular formula is C13H17N3O2. The topological polar surface area (TPSA) is 79.0 Å². The molecule has 0 aliphatic carbocycles. The van der Waals surface area contributed by atoms with Gasteiger partial charge >= 0.3 is 0 Å². The molecule has 0 saturated carbocycles. The van der Waals surface area contributed by atoms with Crippen LogP contribution in [0.4, 0.5) is 5.69 Å². The van der Waals surface area contributed by atoms with Crippen molar-refractivity contribution in [2.24, 2.45) is 0 Å². The van der Waals surface area contributed by atoms with Crippen molar-refractivity contribution in [3.05, 3.63) is 39.4 Å². The molecule has 5 heteroatoms. The molecule has 0 aromatic heterocycles. The summed E-state index contributed by atoms with van der Waals surface area (Å²) in [6, 6.07) is 7.37. The number of nitriles is 1. The second kappa shape index (κ2) is 7.41. The van der Waals surface area contributed by atoms with Crippen molar-refractivity contribution in [1.82, 2.24) is 5.32 Å². The van der Waals surface area contributed by atoms with Gasteiger partial charge < -0.3 is 5.32 Å². The number of nitro benzene ring substituents is 1. The molecule has 0 radical (unpaired) electrons. The average molecular weight is 247 g/mol. The molecule has 0 atom stereocenters. The van der Waals surface area contributed by atoms with Gasteiger partial charge in [-0.25, -0.2) is 0 Å². The maximum atomic E-state index is 10.8. The molecule has 18 heavy (non-hydrogen) atoms. The average Bonchev–Trinajstić information content (AvgIpc) is 2.35. The Kier molecular flexibility index (Phi) is 5.81. The minimum absolute atomic E-state index is 0.166. The van der Waals surface area contributed by atoms with Gasteiger partial charge in [-0.3, -0.25) is 10.1 Å². The minimum atomic E-state index is -0.355. The summed E-state index contributed by atoms with van der Waals surface area (Å²) in [5.41, 5.74) is 1.75. The highest BCUT2D eigenvalue weighted by atomic mass is 16.6. The molecule has 1 N–H and O–H groups in total. The zero-order valence-electron chi connectivity index (χ0n) is 10.5. The molecule has 0 heterocycles. The zero-order chi connectivity index (χ0) is 13.4. The second-order valence-corrected chi connectivity index (χ2v) is 4.17. The van der Waals surface area contributed by atoms with Crippen molar-refractivity contribution < 1.29 is 4.92 Å². The Hall–Kier alpha value is -1.93. The van der Waals surface area contributed by atoms with Gasteiger partial charge in [-0.15, -0.1) is 0 Å². The predicted octanol–water partition coefficient (Wildman–Crippen LogP) is 2.69. The summed E-state index contributed by atoms with van der Waals surface area (Å²) in [5, 5.41) is 22.4. The van der Waals surface area contributed by atoms with Gasteiger partial charge in [0.15, 0.2) is 0 Å². The van der Waals surface area contributed by atoms with Crippen LogP contribution in [0.25, 0.3) is 0 Å². The van der Waals surface area contributed by atoms with E-state index in [1.807, 2.05) is 6.07 Å². The number of nitro groups is 1. The highest BCUT2D eigenvalue weighted by molar-refractivity contribution is 5.42. The number of unbranched alkanes of at least 4 members (excludes halogenated alkanes) is 2. The standard InChI is InChI=1S/C13H17N3O2/c1-11-5-6-12(9-13(11)16(17)18)10-15-8-4-2-3-7-14/h5-6,9,15H,2-4,8,10H2,1H3. The third-order valence-corrected chi connectivity index (χ3v) is 2.69. The SMILES string of the molecule is Cc1ccc(CNCCCCC#N)cc1[N+](=O)[O-]. The summed E-state index contributed by atoms with van der Waals surface area (Å²) < 4.78 is 0. The number of hydrogen-bond acceptors (Lipinski definition) is 4. The fourth-order valence-corrected chi connectivity index (χ4v) is 1.65. The number of nitrogens with one attached hydrogen (secondary N) is 1. The van der Waals surface area contributed by atoms with Gasteiger partial charge in [-0.05, 0) is 31.9 Å². The summed E-state index contributed by atoms with van der Waals surface area (Å²) in [4.78, 5) is 10.4. The molecule has 0 bridgehead atoms. The zero-order valence-corrected chi connectivity index (χ0v) is 10.5. The Balaban J connectivity index is 2.41. The third-order valence-electron chi connectivity index (χ3n) is 2.69. The Bertz CT molecular complexity index is 452. The molecule has 0 aliphatic heterocycles. The molecule has 1 aromatic carbocycles. The van der Waals surface area contributed by atoms with Crippen LogP contribution < -0.4 is 5.32 Å². The quantitative estimate of drug-likeness (QED) is 0.456. The van der Waals surface area contributed by atoms with E-state index in [1.165, 1.54) is 0 Å². The van der Waals surface area contributed by atoms with Crippen molar-refractivity contribution >= 4 is 5.69 Å². The van der Waals surface area contributed by atoms with Gasteiger partial charge in [0, 0.05) is 24.6 Å². The Morgan fingerprint density at radius 3 is 2.89 bits per heavy atom. The number of rotatable bonds is 7. The number of aryl methyl sites for hydroxylation is 1. The first-order chi connectivity index (χ1) is 8.65. The fraction of sp³-hybridized carbons (Fsp3) is 0.462. The first-order valence-electron chi connectivity index (χ1n) is 5.96. The molecule has 0 spiro atoms. The molecule has 1 rings (SSSR count). The van der Waals surface area contributed by atoms with Crippen molar-refractivity contribution in [2.75, 3.05) is 6.54 Å². The summed E-state index contributed by atoms with van der Waals surface area (Å²) >= 11 is 0. The number of hydrogen-bond donors (Lipinski definition) is 1. The van der Waals surface area contributed by atoms with Crippen LogP contribution in [0.5, 0.6) is 0 Å². The Labute approximate surface area is 107 Å². The number of benzene rings is 1. The largest absolute Gasteiger partial charge is 0.313 e. The summed E-state index contributed by atoms with van der Waals surface area (Å²) in [7, 11) is 0. The van der Waals surface area contributed by atoms with Crippen LogP contribution in [0.1, 0.15) is 30.4 Å². The van der Waals surface area contributed by atoms with Crippen LogP contribution in [0.15, 0.2) is 18.2 Å². The van der Waals surface area contributed by atoms with E-state index in [2.05, 4.69) is 11.4 Å². The van der Waals surface area contributed by atoms with Crippen LogP contribution in [-0.2, 0) is 6.54 Å². The van der Waals surface area contributed by atoms with E-state index in [-0.39, 0.29) is 10.6 Å². The van der Waals surface area contributed by atoms with Crippen molar-refractivity contribution in [1.29, 1.82) is 5.26 Å². The molecule has 96 valence electrons. The van der Waals surface area contributed by atoms with Gasteiger partial charge in [0.1, 0.15) is 0 Å². The van der Waals surface area contributed by atoms with Gasteiger partial charge in [0.05, 0.1) is 11.0 Å². The van der Waals surface area contributed by atoms with Crippen LogP contribution in [0.3, 0.4) is 0 Å². The molecule has 1 aromatic rings. The lowest BCUT2D eigenvalue weighted by molar-refractivity contribution is -0.385. The van der Waals surface area contributed by atoms with E-state index in [1.54, 1.807) is 19.1 Å². The third kappa shape index (κ3) is 4.52. The van der Waals surface area contributed by atoms with Gasteiger partial charge in [0.2, 0.25) is 0 Å². The highest BCUT2D eigenvalue weighted by Gasteiger charge is 2.10. The predicted molar refractivity (Wildman–Crippen MR) is 69.0 cm³/mol. The molecule has 0 amide bonds. The van der Waals surface area contributed by atoms with E-state index in [4.69, 9.17) is 5.26 Å². The van der Waals surface area contributed by atoms with E-state index in [0.717, 1.165) is 24.9 Å². The van der Waals surface area contributed by atoms with Crippen LogP contribution >= 0.6 is 0 Å². The Morgan fingerprint density at radius 2 is 2.22 bits per heavy atom. The first kappa shape index (κ1) is 14.1. The van der Waals surface area contributed by atoms with E-state index >= 15 is 0 Å². The van der Waals surface area contributed by atoms with Gasteiger partial charge in [-0.1, -0.05) is 12.1 Å². The summed E-state index contributed by atoms with van der Waals surface area (Å²) in [6.07, 6.45) is 2.41. The first-order valence-corrected chi connectivity index (χ1v) is 5.96. The van der Waals surface area contributed by atoms with Crippen molar-refractivity contribution in [3.8, 4) is 6.07 Å². The van der Waals surface area contributed by atoms with Crippen LogP contribution in [-0.4, -0.2) is 11.5 Å². The van der Waals surface area contributed by atoms with Crippen LogP contribution in [0.2, 0.25) is 0 Å². The normalized spacial score (nSPS) is 10.0. The maximum Gasteiger partial charge on any atom is 0.272 e. The fourth-order valence-electron chi connectivity index (χ4n) is 1.65. The molecular weight excluding hydrogens is 230 g/mol. The van der Waals surface area contributed by atoms with E-state index < -0.39 is 0 Å². The monoisotopic (exact) mass is 247 g/mol. The van der Waals surface area contributed by atoms with E-state index in [9.17, 15) is 10.1 Å². The maximum absolute atomic E-state index is 10.8.